The molecule has 9 heteroatoms. The Kier molecular flexibility index (Phi) is 3.72. The van der Waals surface area contributed by atoms with Crippen LogP contribution in [0, 0.1) is 0 Å². The van der Waals surface area contributed by atoms with Crippen molar-refractivity contribution >= 4 is 5.52 Å². The van der Waals surface area contributed by atoms with Crippen LogP contribution in [-0.2, 0) is 7.05 Å². The molecule has 0 radical (unpaired) electrons. The van der Waals surface area contributed by atoms with Gasteiger partial charge >= 0.3 is 6.18 Å². The van der Waals surface area contributed by atoms with Crippen molar-refractivity contribution in [3.8, 4) is 17.0 Å². The van der Waals surface area contributed by atoms with Gasteiger partial charge in [0.25, 0.3) is 0 Å². The number of fused-ring (bicyclic) bond motifs is 1. The van der Waals surface area contributed by atoms with Crippen LogP contribution < -0.4 is 4.74 Å². The lowest BCUT2D eigenvalue weighted by molar-refractivity contribution is -0.210. The molecule has 0 aliphatic heterocycles. The Morgan fingerprint density at radius 3 is 2.83 bits per heavy atom. The molecule has 1 unspecified atom stereocenters. The van der Waals surface area contributed by atoms with E-state index in [1.54, 1.807) is 36.1 Å². The first-order valence-electron chi connectivity index (χ1n) is 6.69. The summed E-state index contributed by atoms with van der Waals surface area (Å²) >= 11 is 0. The van der Waals surface area contributed by atoms with Crippen molar-refractivity contribution in [2.45, 2.75) is 12.3 Å². The number of aromatic nitrogens is 4. The largest absolute Gasteiger partial charge is 0.487 e. The summed E-state index contributed by atoms with van der Waals surface area (Å²) in [6, 6.07) is 5.37. The smallest absolute Gasteiger partial charge is 0.417 e. The maximum Gasteiger partial charge on any atom is 0.417 e. The fraction of sp³-hybridized carbons (Fsp3) is 0.286. The molecule has 1 N–H and O–H groups in total. The quantitative estimate of drug-likeness (QED) is 0.797. The molecular weight excluding hydrogens is 313 g/mol. The fourth-order valence-corrected chi connectivity index (χ4v) is 2.18. The lowest BCUT2D eigenvalue weighted by Crippen LogP contribution is -2.34. The van der Waals surface area contributed by atoms with Crippen LogP contribution in [0.15, 0.2) is 36.8 Å². The lowest BCUT2D eigenvalue weighted by Gasteiger charge is -2.15. The van der Waals surface area contributed by atoms with Crippen molar-refractivity contribution in [2.75, 3.05) is 6.61 Å². The van der Waals surface area contributed by atoms with Crippen molar-refractivity contribution < 1.29 is 23.0 Å². The molecule has 0 aliphatic rings. The summed E-state index contributed by atoms with van der Waals surface area (Å²) in [5.74, 6) is 0.166. The van der Waals surface area contributed by atoms with E-state index in [0.29, 0.717) is 5.69 Å². The first kappa shape index (κ1) is 15.3. The van der Waals surface area contributed by atoms with Crippen LogP contribution in [0.1, 0.15) is 0 Å². The van der Waals surface area contributed by atoms with Gasteiger partial charge in [-0.05, 0) is 18.2 Å². The zero-order valence-corrected chi connectivity index (χ0v) is 12.0. The number of hydrogen-bond acceptors (Lipinski definition) is 4. The number of nitrogens with zero attached hydrogens (tertiary/aromatic N) is 4. The van der Waals surface area contributed by atoms with E-state index in [1.165, 1.54) is 10.9 Å². The number of rotatable bonds is 4. The van der Waals surface area contributed by atoms with Crippen LogP contribution in [0.2, 0.25) is 0 Å². The highest BCUT2D eigenvalue weighted by Crippen LogP contribution is 2.31. The van der Waals surface area contributed by atoms with E-state index in [-0.39, 0.29) is 5.75 Å². The minimum absolute atomic E-state index is 0.166. The van der Waals surface area contributed by atoms with Gasteiger partial charge in [0, 0.05) is 25.0 Å². The van der Waals surface area contributed by atoms with Gasteiger partial charge < -0.3 is 9.84 Å². The maximum absolute atomic E-state index is 12.4. The van der Waals surface area contributed by atoms with Gasteiger partial charge in [-0.2, -0.15) is 23.4 Å². The van der Waals surface area contributed by atoms with E-state index in [4.69, 9.17) is 9.84 Å². The zero-order chi connectivity index (χ0) is 16.6. The Hall–Kier alpha value is -2.55. The fourth-order valence-electron chi connectivity index (χ4n) is 2.18. The number of ether oxygens (including phenoxy) is 1. The molecule has 0 spiro atoms. The van der Waals surface area contributed by atoms with Crippen molar-refractivity contribution in [1.29, 1.82) is 0 Å². The molecule has 1 atom stereocenters. The van der Waals surface area contributed by atoms with Gasteiger partial charge in [-0.1, -0.05) is 0 Å². The van der Waals surface area contributed by atoms with E-state index in [2.05, 4.69) is 10.2 Å². The van der Waals surface area contributed by atoms with E-state index in [0.717, 1.165) is 11.1 Å². The maximum atomic E-state index is 12.4. The first-order chi connectivity index (χ1) is 10.9. The molecule has 0 aliphatic carbocycles. The average molecular weight is 326 g/mol. The predicted octanol–water partition coefficient (Wildman–Crippen LogP) is 2.04. The summed E-state index contributed by atoms with van der Waals surface area (Å²) in [5.41, 5.74) is 2.06. The molecule has 3 aromatic heterocycles. The van der Waals surface area contributed by atoms with Crippen LogP contribution >= 0.6 is 0 Å². The van der Waals surface area contributed by atoms with Gasteiger partial charge in [-0.15, -0.1) is 0 Å². The number of hydrogen-bond donors (Lipinski definition) is 1. The number of alkyl halides is 3. The Balaban J connectivity index is 1.89. The van der Waals surface area contributed by atoms with Crippen molar-refractivity contribution in [3.63, 3.8) is 0 Å². The number of halogens is 3. The number of pyridine rings is 1. The van der Waals surface area contributed by atoms with Gasteiger partial charge in [-0.25, -0.2) is 4.52 Å². The third-order valence-electron chi connectivity index (χ3n) is 3.35. The lowest BCUT2D eigenvalue weighted by atomic mass is 10.1. The molecule has 0 saturated carbocycles. The van der Waals surface area contributed by atoms with E-state index in [9.17, 15) is 13.2 Å². The number of aliphatic hydroxyl groups excluding tert-OH is 1. The molecule has 0 aromatic carbocycles. The van der Waals surface area contributed by atoms with Crippen LogP contribution in [0.3, 0.4) is 0 Å². The highest BCUT2D eigenvalue weighted by atomic mass is 19.4. The monoisotopic (exact) mass is 326 g/mol. The second-order valence-electron chi connectivity index (χ2n) is 4.97. The van der Waals surface area contributed by atoms with Gasteiger partial charge in [0.1, 0.15) is 12.3 Å². The molecule has 0 fully saturated rings. The zero-order valence-electron chi connectivity index (χ0n) is 12.0. The van der Waals surface area contributed by atoms with E-state index in [1.807, 2.05) is 6.07 Å². The normalized spacial score (nSPS) is 13.4. The molecule has 6 nitrogen and oxygen atoms in total. The summed E-state index contributed by atoms with van der Waals surface area (Å²) in [4.78, 5) is 0. The Morgan fingerprint density at radius 2 is 2.09 bits per heavy atom. The summed E-state index contributed by atoms with van der Waals surface area (Å²) < 4.78 is 45.4. The Morgan fingerprint density at radius 1 is 1.30 bits per heavy atom. The van der Waals surface area contributed by atoms with Crippen LogP contribution in [0.5, 0.6) is 5.75 Å². The molecule has 23 heavy (non-hydrogen) atoms. The predicted molar refractivity (Wildman–Crippen MR) is 75.0 cm³/mol. The van der Waals surface area contributed by atoms with Crippen molar-refractivity contribution in [3.05, 3.63) is 36.8 Å². The molecule has 0 saturated heterocycles. The molecular formula is C14H13F3N4O2. The van der Waals surface area contributed by atoms with Crippen molar-refractivity contribution in [1.82, 2.24) is 19.4 Å². The topological polar surface area (TPSA) is 64.6 Å². The highest BCUT2D eigenvalue weighted by molar-refractivity contribution is 5.70. The number of aliphatic hydroxyl groups is 1. The Bertz CT molecular complexity index is 825. The van der Waals surface area contributed by atoms with Crippen molar-refractivity contribution in [2.24, 2.45) is 7.05 Å². The third-order valence-corrected chi connectivity index (χ3v) is 3.35. The highest BCUT2D eigenvalue weighted by Gasteiger charge is 2.39. The third kappa shape index (κ3) is 3.00. The molecule has 122 valence electrons. The number of aryl methyl sites for hydroxylation is 1. The second-order valence-corrected chi connectivity index (χ2v) is 4.97. The van der Waals surface area contributed by atoms with Crippen LogP contribution in [-0.4, -0.2) is 43.4 Å². The second kappa shape index (κ2) is 5.58. The van der Waals surface area contributed by atoms with Gasteiger partial charge in [0.15, 0.2) is 11.9 Å². The average Bonchev–Trinajstić information content (AvgIpc) is 3.09. The SMILES string of the molecule is Cn1ncc(OCC(O)C(F)(F)F)c1-c1ccn2nccc2c1. The van der Waals surface area contributed by atoms with E-state index < -0.39 is 18.9 Å². The Labute approximate surface area is 128 Å². The van der Waals surface area contributed by atoms with Crippen LogP contribution in [0.25, 0.3) is 16.8 Å². The van der Waals surface area contributed by atoms with Gasteiger partial charge in [0.2, 0.25) is 0 Å². The molecule has 3 aromatic rings. The minimum Gasteiger partial charge on any atom is -0.487 e. The molecule has 3 heterocycles. The first-order valence-corrected chi connectivity index (χ1v) is 6.69. The minimum atomic E-state index is -4.72. The molecule has 0 amide bonds. The van der Waals surface area contributed by atoms with E-state index >= 15 is 0 Å². The summed E-state index contributed by atoms with van der Waals surface area (Å²) in [7, 11) is 1.66. The summed E-state index contributed by atoms with van der Waals surface area (Å²) in [5, 5.41) is 17.1. The van der Waals surface area contributed by atoms with Gasteiger partial charge in [0.05, 0.1) is 11.7 Å². The summed E-state index contributed by atoms with van der Waals surface area (Å²) in [6.07, 6.45) is -2.59. The molecule has 0 bridgehead atoms. The van der Waals surface area contributed by atoms with Crippen LogP contribution in [0.4, 0.5) is 13.2 Å². The standard InChI is InChI=1S/C14H13F3N4O2/c1-20-13(9-3-5-21-10(6-9)2-4-18-21)11(7-19-20)23-8-12(22)14(15,16)17/h2-7,12,22H,8H2,1H3. The molecule has 3 rings (SSSR count). The summed E-state index contributed by atoms with van der Waals surface area (Å²) in [6.45, 7) is -0.892. The van der Waals surface area contributed by atoms with Gasteiger partial charge in [-0.3, -0.25) is 4.68 Å².